The van der Waals surface area contributed by atoms with Gasteiger partial charge in [0.1, 0.15) is 0 Å². The summed E-state index contributed by atoms with van der Waals surface area (Å²) in [6.07, 6.45) is 0.262. The van der Waals surface area contributed by atoms with E-state index < -0.39 is 0 Å². The molecule has 5 nitrogen and oxygen atoms in total. The Morgan fingerprint density at radius 3 is 2.88 bits per heavy atom. The first kappa shape index (κ1) is 18.4. The normalized spacial score (nSPS) is 18.6. The summed E-state index contributed by atoms with van der Waals surface area (Å²) < 4.78 is 7.84. The predicted molar refractivity (Wildman–Crippen MR) is 101 cm³/mol. The molecule has 0 radical (unpaired) electrons. The Labute approximate surface area is 154 Å². The third-order valence-electron chi connectivity index (χ3n) is 4.82. The number of nitrogens with zero attached hydrogens (tertiary/aromatic N) is 3. The molecular weight excluding hydrogens is 336 g/mol. The first-order valence-corrected chi connectivity index (χ1v) is 9.19. The Morgan fingerprint density at radius 2 is 2.12 bits per heavy atom. The lowest BCUT2D eigenvalue weighted by molar-refractivity contribution is -0.0182. The van der Waals surface area contributed by atoms with Gasteiger partial charge in [0, 0.05) is 42.5 Å². The summed E-state index contributed by atoms with van der Waals surface area (Å²) in [7, 11) is 2.14. The number of rotatable bonds is 6. The van der Waals surface area contributed by atoms with Crippen molar-refractivity contribution in [2.75, 3.05) is 33.3 Å². The van der Waals surface area contributed by atoms with Gasteiger partial charge in [-0.25, -0.2) is 0 Å². The quantitative estimate of drug-likeness (QED) is 0.857. The van der Waals surface area contributed by atoms with Crippen LogP contribution in [0.5, 0.6) is 0 Å². The molecule has 6 heteroatoms. The minimum Gasteiger partial charge on any atom is -0.374 e. The highest BCUT2D eigenvalue weighted by Gasteiger charge is 2.18. The molecule has 0 aliphatic carbocycles. The standard InChI is InChI=1S/C19H27ClN4O/c1-14-18(11-21-10-17-13-23(3)8-9-25-17)15(2)24(22-14)12-16-6-4-5-7-19(16)20/h4-7,17,21H,8-13H2,1-3H3/t17-/m0/s1. The highest BCUT2D eigenvalue weighted by Crippen LogP contribution is 2.19. The molecule has 0 unspecified atom stereocenters. The molecule has 1 fully saturated rings. The summed E-state index contributed by atoms with van der Waals surface area (Å²) in [5.41, 5.74) is 4.61. The van der Waals surface area contributed by atoms with Gasteiger partial charge < -0.3 is 15.0 Å². The van der Waals surface area contributed by atoms with E-state index in [1.807, 2.05) is 28.9 Å². The smallest absolute Gasteiger partial charge is 0.0826 e. The van der Waals surface area contributed by atoms with Gasteiger partial charge in [0.2, 0.25) is 0 Å². The minimum atomic E-state index is 0.262. The van der Waals surface area contributed by atoms with Crippen LogP contribution in [0, 0.1) is 13.8 Å². The molecule has 1 aromatic carbocycles. The van der Waals surface area contributed by atoms with Crippen molar-refractivity contribution in [1.82, 2.24) is 20.0 Å². The number of morpholine rings is 1. The first-order chi connectivity index (χ1) is 12.0. The number of benzene rings is 1. The van der Waals surface area contributed by atoms with E-state index in [1.165, 1.54) is 11.3 Å². The Balaban J connectivity index is 1.61. The summed E-state index contributed by atoms with van der Waals surface area (Å²) in [5, 5.41) is 9.02. The van der Waals surface area contributed by atoms with E-state index in [0.29, 0.717) is 6.54 Å². The number of likely N-dealkylation sites (N-methyl/N-ethyl adjacent to an activating group) is 1. The second kappa shape index (κ2) is 8.32. The second-order valence-corrected chi connectivity index (χ2v) is 7.19. The van der Waals surface area contributed by atoms with E-state index in [1.54, 1.807) is 0 Å². The highest BCUT2D eigenvalue weighted by molar-refractivity contribution is 6.31. The molecule has 1 saturated heterocycles. The maximum Gasteiger partial charge on any atom is 0.0826 e. The zero-order valence-corrected chi connectivity index (χ0v) is 16.0. The SMILES string of the molecule is Cc1nn(Cc2ccccc2Cl)c(C)c1CNC[C@H]1CN(C)CCO1. The highest BCUT2D eigenvalue weighted by atomic mass is 35.5. The van der Waals surface area contributed by atoms with Gasteiger partial charge in [-0.3, -0.25) is 4.68 Å². The van der Waals surface area contributed by atoms with Crippen LogP contribution in [-0.2, 0) is 17.8 Å². The summed E-state index contributed by atoms with van der Waals surface area (Å²) in [6.45, 7) is 9.37. The van der Waals surface area contributed by atoms with Crippen molar-refractivity contribution in [2.24, 2.45) is 0 Å². The molecule has 1 aromatic heterocycles. The summed E-state index contributed by atoms with van der Waals surface area (Å²) in [6, 6.07) is 7.93. The van der Waals surface area contributed by atoms with Gasteiger partial charge in [-0.1, -0.05) is 29.8 Å². The minimum absolute atomic E-state index is 0.262. The van der Waals surface area contributed by atoms with Crippen LogP contribution in [0.4, 0.5) is 0 Å². The van der Waals surface area contributed by atoms with Crippen LogP contribution >= 0.6 is 11.6 Å². The third kappa shape index (κ3) is 4.61. The van der Waals surface area contributed by atoms with Gasteiger partial charge in [0.15, 0.2) is 0 Å². The number of halogens is 1. The van der Waals surface area contributed by atoms with Crippen molar-refractivity contribution in [1.29, 1.82) is 0 Å². The Morgan fingerprint density at radius 1 is 1.32 bits per heavy atom. The van der Waals surface area contributed by atoms with Gasteiger partial charge in [-0.2, -0.15) is 5.10 Å². The van der Waals surface area contributed by atoms with Crippen molar-refractivity contribution in [2.45, 2.75) is 33.0 Å². The van der Waals surface area contributed by atoms with Crippen molar-refractivity contribution >= 4 is 11.6 Å². The fourth-order valence-electron chi connectivity index (χ4n) is 3.28. The summed E-state index contributed by atoms with van der Waals surface area (Å²) in [4.78, 5) is 2.31. The number of ether oxygens (including phenoxy) is 1. The molecule has 3 rings (SSSR count). The molecule has 1 aliphatic rings. The lowest BCUT2D eigenvalue weighted by Crippen LogP contribution is -2.44. The van der Waals surface area contributed by atoms with Gasteiger partial charge in [-0.15, -0.1) is 0 Å². The molecule has 1 aliphatic heterocycles. The maximum absolute atomic E-state index is 6.28. The Hall–Kier alpha value is -1.40. The lowest BCUT2D eigenvalue weighted by atomic mass is 10.2. The van der Waals surface area contributed by atoms with Crippen molar-refractivity contribution in [3.8, 4) is 0 Å². The molecule has 136 valence electrons. The third-order valence-corrected chi connectivity index (χ3v) is 5.19. The molecule has 2 aromatic rings. The van der Waals surface area contributed by atoms with Crippen molar-refractivity contribution in [3.63, 3.8) is 0 Å². The number of hydrogen-bond donors (Lipinski definition) is 1. The lowest BCUT2D eigenvalue weighted by Gasteiger charge is -2.30. The molecular formula is C19H27ClN4O. The summed E-state index contributed by atoms with van der Waals surface area (Å²) >= 11 is 6.28. The van der Waals surface area contributed by atoms with E-state index in [9.17, 15) is 0 Å². The monoisotopic (exact) mass is 362 g/mol. The van der Waals surface area contributed by atoms with Gasteiger partial charge >= 0.3 is 0 Å². The molecule has 1 N–H and O–H groups in total. The van der Waals surface area contributed by atoms with Gasteiger partial charge in [0.05, 0.1) is 24.9 Å². The molecule has 0 amide bonds. The molecule has 1 atom stereocenters. The fraction of sp³-hybridized carbons (Fsp3) is 0.526. The van der Waals surface area contributed by atoms with Crippen LogP contribution in [0.15, 0.2) is 24.3 Å². The molecule has 0 spiro atoms. The zero-order valence-electron chi connectivity index (χ0n) is 15.3. The molecule has 0 bridgehead atoms. The largest absolute Gasteiger partial charge is 0.374 e. The second-order valence-electron chi connectivity index (χ2n) is 6.78. The average Bonchev–Trinajstić information content (AvgIpc) is 2.84. The first-order valence-electron chi connectivity index (χ1n) is 8.81. The van der Waals surface area contributed by atoms with E-state index in [2.05, 4.69) is 31.1 Å². The van der Waals surface area contributed by atoms with Crippen molar-refractivity contribution < 1.29 is 4.74 Å². The van der Waals surface area contributed by atoms with Crippen LogP contribution < -0.4 is 5.32 Å². The maximum atomic E-state index is 6.28. The topological polar surface area (TPSA) is 42.3 Å². The van der Waals surface area contributed by atoms with Crippen LogP contribution in [-0.4, -0.2) is 54.1 Å². The number of nitrogens with one attached hydrogen (secondary N) is 1. The number of hydrogen-bond acceptors (Lipinski definition) is 4. The van der Waals surface area contributed by atoms with E-state index in [0.717, 1.165) is 49.1 Å². The Bertz CT molecular complexity index is 715. The van der Waals surface area contributed by atoms with Crippen LogP contribution in [0.1, 0.15) is 22.5 Å². The zero-order chi connectivity index (χ0) is 17.8. The van der Waals surface area contributed by atoms with E-state index >= 15 is 0 Å². The van der Waals surface area contributed by atoms with E-state index in [-0.39, 0.29) is 6.10 Å². The van der Waals surface area contributed by atoms with Crippen molar-refractivity contribution in [3.05, 3.63) is 51.8 Å². The molecule has 2 heterocycles. The number of aryl methyl sites for hydroxylation is 1. The molecule has 25 heavy (non-hydrogen) atoms. The summed E-state index contributed by atoms with van der Waals surface area (Å²) in [5.74, 6) is 0. The average molecular weight is 363 g/mol. The van der Waals surface area contributed by atoms with E-state index in [4.69, 9.17) is 21.4 Å². The molecule has 0 saturated carbocycles. The van der Waals surface area contributed by atoms with Crippen LogP contribution in [0.25, 0.3) is 0 Å². The Kier molecular flexibility index (Phi) is 6.12. The van der Waals surface area contributed by atoms with Gasteiger partial charge in [-0.05, 0) is 32.5 Å². The number of aromatic nitrogens is 2. The fourth-order valence-corrected chi connectivity index (χ4v) is 3.48. The van der Waals surface area contributed by atoms with Crippen LogP contribution in [0.3, 0.4) is 0 Å². The predicted octanol–water partition coefficient (Wildman–Crippen LogP) is 2.62. The van der Waals surface area contributed by atoms with Gasteiger partial charge in [0.25, 0.3) is 0 Å². The van der Waals surface area contributed by atoms with Crippen LogP contribution in [0.2, 0.25) is 5.02 Å².